The molecule has 0 aliphatic heterocycles. The van der Waals surface area contributed by atoms with E-state index < -0.39 is 11.6 Å². The Morgan fingerprint density at radius 3 is 2.19 bits per heavy atom. The summed E-state index contributed by atoms with van der Waals surface area (Å²) >= 11 is 1.16. The number of anilines is 2. The molecule has 1 heterocycles. The zero-order valence-electron chi connectivity index (χ0n) is 18.4. The number of thiophene rings is 1. The molecule has 164 valence electrons. The number of para-hydroxylation sites is 1. The lowest BCUT2D eigenvalue weighted by atomic mass is 9.91. The molecule has 0 radical (unpaired) electrons. The van der Waals surface area contributed by atoms with E-state index in [0.717, 1.165) is 11.3 Å². The lowest BCUT2D eigenvalue weighted by Gasteiger charge is -2.24. The molecule has 5 nitrogen and oxygen atoms in total. The monoisotopic (exact) mass is 447 g/mol. The largest absolute Gasteiger partial charge is 0.456 e. The van der Waals surface area contributed by atoms with E-state index in [9.17, 15) is 14.4 Å². The van der Waals surface area contributed by atoms with Crippen LogP contribution in [0.4, 0.5) is 10.7 Å². The summed E-state index contributed by atoms with van der Waals surface area (Å²) in [5.74, 6) is -0.760. The third kappa shape index (κ3) is 4.36. The highest BCUT2D eigenvalue weighted by Crippen LogP contribution is 2.44. The van der Waals surface area contributed by atoms with Crippen molar-refractivity contribution >= 4 is 39.7 Å². The number of hydrogen-bond acceptors (Lipinski definition) is 5. The first-order valence-electron chi connectivity index (χ1n) is 10.6. The normalized spacial score (nSPS) is 13.4. The summed E-state index contributed by atoms with van der Waals surface area (Å²) < 4.78 is 5.63. The van der Waals surface area contributed by atoms with Crippen molar-refractivity contribution in [1.29, 1.82) is 0 Å². The summed E-state index contributed by atoms with van der Waals surface area (Å²) in [6.07, 6.45) is 1.68. The van der Waals surface area contributed by atoms with Crippen LogP contribution in [0.15, 0.2) is 60.7 Å². The highest BCUT2D eigenvalue weighted by molar-refractivity contribution is 7.19. The third-order valence-corrected chi connectivity index (χ3v) is 6.32. The molecule has 3 aromatic rings. The number of carbonyl (C=O) groups is 3. The van der Waals surface area contributed by atoms with Crippen LogP contribution < -0.4 is 4.90 Å². The predicted molar refractivity (Wildman–Crippen MR) is 126 cm³/mol. The fourth-order valence-corrected chi connectivity index (χ4v) is 5.05. The van der Waals surface area contributed by atoms with Crippen molar-refractivity contribution in [2.24, 2.45) is 0 Å². The van der Waals surface area contributed by atoms with E-state index in [4.69, 9.17) is 4.74 Å². The van der Waals surface area contributed by atoms with Crippen molar-refractivity contribution < 1.29 is 19.1 Å². The van der Waals surface area contributed by atoms with E-state index in [1.165, 1.54) is 0 Å². The van der Waals surface area contributed by atoms with E-state index >= 15 is 0 Å². The molecule has 1 amide bonds. The van der Waals surface area contributed by atoms with Crippen LogP contribution in [0.1, 0.15) is 69.6 Å². The fourth-order valence-electron chi connectivity index (χ4n) is 3.79. The molecule has 0 saturated carbocycles. The van der Waals surface area contributed by atoms with Crippen molar-refractivity contribution in [2.45, 2.75) is 45.6 Å². The number of carbonyl (C=O) groups excluding carboxylic acids is 3. The van der Waals surface area contributed by atoms with E-state index in [-0.39, 0.29) is 11.7 Å². The molecule has 0 fully saturated rings. The fraction of sp³-hybridized carbons (Fsp3) is 0.269. The van der Waals surface area contributed by atoms with Crippen LogP contribution >= 0.6 is 11.3 Å². The van der Waals surface area contributed by atoms with Gasteiger partial charge in [-0.2, -0.15) is 0 Å². The minimum atomic E-state index is -0.661. The summed E-state index contributed by atoms with van der Waals surface area (Å²) in [6, 6.07) is 18.2. The van der Waals surface area contributed by atoms with Crippen LogP contribution in [-0.4, -0.2) is 23.3 Å². The lowest BCUT2D eigenvalue weighted by molar-refractivity contribution is 0.00739. The van der Waals surface area contributed by atoms with Crippen molar-refractivity contribution in [1.82, 2.24) is 0 Å². The molecule has 0 atom stereocenters. The highest BCUT2D eigenvalue weighted by atomic mass is 32.1. The van der Waals surface area contributed by atoms with E-state index in [1.807, 2.05) is 57.2 Å². The minimum Gasteiger partial charge on any atom is -0.456 e. The minimum absolute atomic E-state index is 0.0471. The van der Waals surface area contributed by atoms with Crippen LogP contribution in [0.3, 0.4) is 0 Å². The Hall–Kier alpha value is -3.25. The van der Waals surface area contributed by atoms with Gasteiger partial charge >= 0.3 is 5.97 Å². The van der Waals surface area contributed by atoms with Crippen molar-refractivity contribution in [3.8, 4) is 0 Å². The number of benzene rings is 2. The number of esters is 1. The lowest BCUT2D eigenvalue weighted by Crippen LogP contribution is -2.27. The molecule has 1 aliphatic carbocycles. The van der Waals surface area contributed by atoms with Gasteiger partial charge in [0.1, 0.15) is 15.5 Å². The molecule has 32 heavy (non-hydrogen) atoms. The number of fused-ring (bicyclic) bond motifs is 1. The quantitative estimate of drug-likeness (QED) is 0.447. The molecule has 6 heteroatoms. The van der Waals surface area contributed by atoms with Crippen LogP contribution in [-0.2, 0) is 11.2 Å². The second-order valence-corrected chi connectivity index (χ2v) is 9.71. The van der Waals surface area contributed by atoms with Gasteiger partial charge in [-0.3, -0.25) is 14.5 Å². The number of ketones is 1. The molecule has 1 aliphatic rings. The standard InChI is InChI=1S/C26H25NO4S/c1-26(2,3)31-25(30)22-19-15-10-16-20(28)21(19)24(32-22)27(18-13-8-5-9-14-18)23(29)17-11-6-4-7-12-17/h4-9,11-14H,10,15-16H2,1-3H3. The number of hydrogen-bond donors (Lipinski definition) is 0. The molecule has 4 rings (SSSR count). The molecule has 0 saturated heterocycles. The average molecular weight is 448 g/mol. The van der Waals surface area contributed by atoms with Gasteiger partial charge in [0, 0.05) is 12.0 Å². The number of Topliss-reactive ketones (excluding diaryl/α,β-unsaturated/α-hetero) is 1. The number of nitrogens with zero attached hydrogens (tertiary/aromatic N) is 1. The second-order valence-electron chi connectivity index (χ2n) is 8.71. The zero-order valence-corrected chi connectivity index (χ0v) is 19.2. The third-order valence-electron chi connectivity index (χ3n) is 5.12. The Kier molecular flexibility index (Phi) is 5.98. The maximum atomic E-state index is 13.7. The summed E-state index contributed by atoms with van der Waals surface area (Å²) in [5, 5.41) is 0.477. The summed E-state index contributed by atoms with van der Waals surface area (Å²) in [4.78, 5) is 41.7. The topological polar surface area (TPSA) is 63.7 Å². The van der Waals surface area contributed by atoms with Crippen molar-refractivity contribution in [3.05, 3.63) is 82.2 Å². The van der Waals surface area contributed by atoms with Gasteiger partial charge < -0.3 is 4.74 Å². The number of amides is 1. The van der Waals surface area contributed by atoms with Gasteiger partial charge in [0.2, 0.25) is 0 Å². The Bertz CT molecular complexity index is 1160. The molecule has 0 N–H and O–H groups in total. The summed E-state index contributed by atoms with van der Waals surface area (Å²) in [6.45, 7) is 5.44. The van der Waals surface area contributed by atoms with Crippen molar-refractivity contribution in [2.75, 3.05) is 4.90 Å². The number of ether oxygens (including phenoxy) is 1. The van der Waals surface area contributed by atoms with Gasteiger partial charge in [0.05, 0.1) is 11.3 Å². The molecule has 0 spiro atoms. The van der Waals surface area contributed by atoms with Crippen LogP contribution in [0.25, 0.3) is 0 Å². The molecular weight excluding hydrogens is 422 g/mol. The van der Waals surface area contributed by atoms with Gasteiger partial charge in [0.15, 0.2) is 5.78 Å². The SMILES string of the molecule is CC(C)(C)OC(=O)c1sc(N(C(=O)c2ccccc2)c2ccccc2)c2c1CCCC2=O. The second kappa shape index (κ2) is 8.71. The average Bonchev–Trinajstić information content (AvgIpc) is 3.15. The summed E-state index contributed by atoms with van der Waals surface area (Å²) in [5.41, 5.74) is 1.64. The predicted octanol–water partition coefficient (Wildman–Crippen LogP) is 6.20. The maximum Gasteiger partial charge on any atom is 0.349 e. The molecule has 1 aromatic heterocycles. The van der Waals surface area contributed by atoms with Gasteiger partial charge in [-0.05, 0) is 63.4 Å². The molecule has 0 unspecified atom stereocenters. The van der Waals surface area contributed by atoms with Crippen LogP contribution in [0, 0.1) is 0 Å². The Morgan fingerprint density at radius 1 is 0.938 bits per heavy atom. The molecular formula is C26H25NO4S. The van der Waals surface area contributed by atoms with Gasteiger partial charge in [-0.1, -0.05) is 36.4 Å². The van der Waals surface area contributed by atoms with E-state index in [1.54, 1.807) is 29.2 Å². The van der Waals surface area contributed by atoms with Crippen molar-refractivity contribution in [3.63, 3.8) is 0 Å². The number of rotatable bonds is 4. The molecule has 2 aromatic carbocycles. The highest BCUT2D eigenvalue weighted by Gasteiger charge is 2.35. The Balaban J connectivity index is 1.90. The smallest absolute Gasteiger partial charge is 0.349 e. The van der Waals surface area contributed by atoms with Gasteiger partial charge in [0.25, 0.3) is 5.91 Å². The van der Waals surface area contributed by atoms with Crippen LogP contribution in [0.5, 0.6) is 0 Å². The summed E-state index contributed by atoms with van der Waals surface area (Å²) in [7, 11) is 0. The van der Waals surface area contributed by atoms with Crippen LogP contribution in [0.2, 0.25) is 0 Å². The first-order chi connectivity index (χ1) is 15.3. The Labute approximate surface area is 191 Å². The first kappa shape index (κ1) is 22.0. The van der Waals surface area contributed by atoms with Gasteiger partial charge in [-0.15, -0.1) is 11.3 Å². The van der Waals surface area contributed by atoms with E-state index in [0.29, 0.717) is 51.5 Å². The molecule has 0 bridgehead atoms. The maximum absolute atomic E-state index is 13.7. The zero-order chi connectivity index (χ0) is 22.9. The Morgan fingerprint density at radius 2 is 1.56 bits per heavy atom. The van der Waals surface area contributed by atoms with Gasteiger partial charge in [-0.25, -0.2) is 4.79 Å². The first-order valence-corrected chi connectivity index (χ1v) is 11.4. The van der Waals surface area contributed by atoms with E-state index in [2.05, 4.69) is 0 Å².